The largest absolute Gasteiger partial charge is 0.460 e. The van der Waals surface area contributed by atoms with E-state index in [0.717, 1.165) is 35.6 Å². The van der Waals surface area contributed by atoms with Crippen molar-refractivity contribution >= 4 is 16.8 Å². The van der Waals surface area contributed by atoms with E-state index in [1.165, 1.54) is 0 Å². The summed E-state index contributed by atoms with van der Waals surface area (Å²) in [6, 6.07) is 5.31. The van der Waals surface area contributed by atoms with E-state index in [1.807, 2.05) is 12.1 Å². The molecule has 25 heavy (non-hydrogen) atoms. The van der Waals surface area contributed by atoms with Crippen LogP contribution in [0, 0.1) is 5.92 Å². The molecule has 4 rings (SSSR count). The lowest BCUT2D eigenvalue weighted by Gasteiger charge is -2.39. The van der Waals surface area contributed by atoms with Crippen molar-refractivity contribution in [2.45, 2.75) is 32.7 Å². The van der Waals surface area contributed by atoms with Crippen LogP contribution in [0.1, 0.15) is 26.5 Å². The fourth-order valence-corrected chi connectivity index (χ4v) is 3.08. The Morgan fingerprint density at radius 3 is 2.80 bits per heavy atom. The van der Waals surface area contributed by atoms with Crippen LogP contribution in [0.3, 0.4) is 0 Å². The Bertz CT molecular complexity index is 963. The van der Waals surface area contributed by atoms with Gasteiger partial charge in [-0.15, -0.1) is 5.10 Å². The van der Waals surface area contributed by atoms with E-state index in [0.29, 0.717) is 12.5 Å². The number of fused-ring (bicyclic) bond motifs is 1. The van der Waals surface area contributed by atoms with Crippen LogP contribution < -0.4 is 10.5 Å². The van der Waals surface area contributed by atoms with E-state index in [-0.39, 0.29) is 11.0 Å². The normalized spacial score (nSPS) is 15.6. The number of rotatable bonds is 3. The van der Waals surface area contributed by atoms with E-state index in [4.69, 9.17) is 4.42 Å². The maximum absolute atomic E-state index is 12.1. The van der Waals surface area contributed by atoms with Gasteiger partial charge in [-0.2, -0.15) is 10.2 Å². The lowest BCUT2D eigenvalue weighted by atomic mass is 9.92. The van der Waals surface area contributed by atoms with Gasteiger partial charge >= 0.3 is 0 Å². The minimum atomic E-state index is -0.0778. The monoisotopic (exact) mass is 339 g/mol. The van der Waals surface area contributed by atoms with E-state index in [1.54, 1.807) is 23.2 Å². The smallest absolute Gasteiger partial charge is 0.266 e. The number of aromatic nitrogens is 4. The summed E-state index contributed by atoms with van der Waals surface area (Å²) in [7, 11) is 0. The molecule has 0 bridgehead atoms. The van der Waals surface area contributed by atoms with Crippen LogP contribution >= 0.6 is 0 Å². The standard InChI is InChI=1S/C18H21N5O2/c1-18(2,3)14-4-5-15(24)23(21-14)11-12-9-22(10-12)17-16-13(6-7-25-16)8-19-20-17/h4-8,12H,9-11H2,1-3H3. The molecular formula is C18H21N5O2. The van der Waals surface area contributed by atoms with Crippen molar-refractivity contribution < 1.29 is 4.42 Å². The number of hydrogen-bond donors (Lipinski definition) is 0. The molecule has 0 atom stereocenters. The van der Waals surface area contributed by atoms with Crippen LogP contribution in [0.2, 0.25) is 0 Å². The average molecular weight is 339 g/mol. The zero-order valence-electron chi connectivity index (χ0n) is 14.6. The molecular weight excluding hydrogens is 318 g/mol. The van der Waals surface area contributed by atoms with Gasteiger partial charge in [-0.05, 0) is 12.1 Å². The third kappa shape index (κ3) is 2.90. The van der Waals surface area contributed by atoms with E-state index in [2.05, 4.69) is 41.0 Å². The van der Waals surface area contributed by atoms with Gasteiger partial charge in [0.25, 0.3) is 5.56 Å². The molecule has 0 amide bonds. The maximum atomic E-state index is 12.1. The first kappa shape index (κ1) is 15.8. The quantitative estimate of drug-likeness (QED) is 0.728. The van der Waals surface area contributed by atoms with Crippen molar-refractivity contribution in [2.24, 2.45) is 5.92 Å². The Balaban J connectivity index is 1.49. The highest BCUT2D eigenvalue weighted by molar-refractivity contribution is 5.86. The van der Waals surface area contributed by atoms with Gasteiger partial charge in [0.15, 0.2) is 11.4 Å². The van der Waals surface area contributed by atoms with E-state index in [9.17, 15) is 4.79 Å². The highest BCUT2D eigenvalue weighted by atomic mass is 16.3. The van der Waals surface area contributed by atoms with Gasteiger partial charge in [0.05, 0.1) is 24.7 Å². The average Bonchev–Trinajstić information content (AvgIpc) is 2.99. The summed E-state index contributed by atoms with van der Waals surface area (Å²) in [4.78, 5) is 14.2. The first-order valence-corrected chi connectivity index (χ1v) is 8.44. The molecule has 4 heterocycles. The summed E-state index contributed by atoms with van der Waals surface area (Å²) >= 11 is 0. The van der Waals surface area contributed by atoms with Crippen molar-refractivity contribution in [1.29, 1.82) is 0 Å². The summed E-state index contributed by atoms with van der Waals surface area (Å²) in [5.41, 5.74) is 1.55. The molecule has 1 fully saturated rings. The molecule has 0 spiro atoms. The zero-order valence-corrected chi connectivity index (χ0v) is 14.6. The van der Waals surface area contributed by atoms with Crippen molar-refractivity contribution in [3.05, 3.63) is 46.7 Å². The third-order valence-corrected chi connectivity index (χ3v) is 4.57. The van der Waals surface area contributed by atoms with Crippen LogP contribution in [0.15, 0.2) is 39.9 Å². The molecule has 1 saturated heterocycles. The van der Waals surface area contributed by atoms with E-state index < -0.39 is 0 Å². The predicted molar refractivity (Wildman–Crippen MR) is 94.7 cm³/mol. The molecule has 7 nitrogen and oxygen atoms in total. The molecule has 0 radical (unpaired) electrons. The zero-order chi connectivity index (χ0) is 17.6. The SMILES string of the molecule is CC(C)(C)c1ccc(=O)n(CC2CN(c3nncc4ccoc34)C2)n1. The van der Waals surface area contributed by atoms with Crippen molar-refractivity contribution in [1.82, 2.24) is 20.0 Å². The van der Waals surface area contributed by atoms with Crippen LogP contribution in [0.5, 0.6) is 0 Å². The summed E-state index contributed by atoms with van der Waals surface area (Å²) in [6.45, 7) is 8.51. The maximum Gasteiger partial charge on any atom is 0.266 e. The summed E-state index contributed by atoms with van der Waals surface area (Å²) < 4.78 is 7.11. The second-order valence-electron chi connectivity index (χ2n) is 7.63. The Labute approximate surface area is 145 Å². The predicted octanol–water partition coefficient (Wildman–Crippen LogP) is 2.21. The Kier molecular flexibility index (Phi) is 3.59. The highest BCUT2D eigenvalue weighted by Gasteiger charge is 2.31. The number of furan rings is 1. The molecule has 1 aliphatic rings. The van der Waals surface area contributed by atoms with Gasteiger partial charge in [-0.25, -0.2) is 4.68 Å². The molecule has 0 unspecified atom stereocenters. The molecule has 0 aromatic carbocycles. The second-order valence-corrected chi connectivity index (χ2v) is 7.63. The molecule has 7 heteroatoms. The molecule has 3 aromatic heterocycles. The van der Waals surface area contributed by atoms with Gasteiger partial charge in [-0.3, -0.25) is 4.79 Å². The lowest BCUT2D eigenvalue weighted by molar-refractivity contribution is 0.327. The van der Waals surface area contributed by atoms with Crippen LogP contribution in [-0.2, 0) is 12.0 Å². The summed E-state index contributed by atoms with van der Waals surface area (Å²) in [5, 5.41) is 13.7. The highest BCUT2D eigenvalue weighted by Crippen LogP contribution is 2.30. The van der Waals surface area contributed by atoms with E-state index >= 15 is 0 Å². The topological polar surface area (TPSA) is 77.0 Å². The Hall–Kier alpha value is -2.70. The van der Waals surface area contributed by atoms with Gasteiger partial charge in [-0.1, -0.05) is 20.8 Å². The summed E-state index contributed by atoms with van der Waals surface area (Å²) in [6.07, 6.45) is 3.34. The molecule has 0 aliphatic carbocycles. The van der Waals surface area contributed by atoms with Gasteiger partial charge < -0.3 is 9.32 Å². The molecule has 0 saturated carbocycles. The first-order valence-electron chi connectivity index (χ1n) is 8.44. The first-order chi connectivity index (χ1) is 11.9. The molecule has 130 valence electrons. The Morgan fingerprint density at radius 1 is 1.24 bits per heavy atom. The molecule has 0 N–H and O–H groups in total. The minimum absolute atomic E-state index is 0.0561. The Morgan fingerprint density at radius 2 is 2.04 bits per heavy atom. The summed E-state index contributed by atoms with van der Waals surface area (Å²) in [5.74, 6) is 1.12. The van der Waals surface area contributed by atoms with Crippen molar-refractivity contribution in [2.75, 3.05) is 18.0 Å². The van der Waals surface area contributed by atoms with Crippen LogP contribution in [0.4, 0.5) is 5.82 Å². The van der Waals surface area contributed by atoms with Crippen LogP contribution in [0.25, 0.3) is 11.0 Å². The van der Waals surface area contributed by atoms with Crippen molar-refractivity contribution in [3.8, 4) is 0 Å². The molecule has 3 aromatic rings. The van der Waals surface area contributed by atoms with Gasteiger partial charge in [0.2, 0.25) is 0 Å². The van der Waals surface area contributed by atoms with Gasteiger partial charge in [0.1, 0.15) is 0 Å². The second kappa shape index (κ2) is 5.68. The fraction of sp³-hybridized carbons (Fsp3) is 0.444. The van der Waals surface area contributed by atoms with Crippen LogP contribution in [-0.4, -0.2) is 33.1 Å². The number of nitrogens with zero attached hydrogens (tertiary/aromatic N) is 5. The van der Waals surface area contributed by atoms with Gasteiger partial charge in [0, 0.05) is 35.9 Å². The molecule has 1 aliphatic heterocycles. The fourth-order valence-electron chi connectivity index (χ4n) is 3.08. The minimum Gasteiger partial charge on any atom is -0.460 e. The third-order valence-electron chi connectivity index (χ3n) is 4.57. The van der Waals surface area contributed by atoms with Crippen molar-refractivity contribution in [3.63, 3.8) is 0 Å². The lowest BCUT2D eigenvalue weighted by Crippen LogP contribution is -2.50. The number of hydrogen-bond acceptors (Lipinski definition) is 6. The number of anilines is 1.